The molecule has 130 valence electrons. The van der Waals surface area contributed by atoms with E-state index in [1.165, 1.54) is 37.0 Å². The van der Waals surface area contributed by atoms with Gasteiger partial charge < -0.3 is 9.88 Å². The molecule has 0 aliphatic rings. The Morgan fingerprint density at radius 1 is 1.29 bits per heavy atom. The standard InChI is InChI=1S/C15H17F3N4O2/c1-8-9(2)20-22(4)14(24)11(8)13(23)19-12(15(16,17)18)10-5-6-21(3)7-10/h5-7,12H,1-4H3,(H,19,23)/t12-/m1/s1. The number of rotatable bonds is 3. The summed E-state index contributed by atoms with van der Waals surface area (Å²) in [6, 6.07) is -0.940. The number of hydrogen-bond acceptors (Lipinski definition) is 3. The fourth-order valence-electron chi connectivity index (χ4n) is 2.37. The number of carbonyl (C=O) groups is 1. The molecule has 0 fully saturated rings. The van der Waals surface area contributed by atoms with Crippen LogP contribution in [0.15, 0.2) is 23.3 Å². The summed E-state index contributed by atoms with van der Waals surface area (Å²) < 4.78 is 42.4. The number of aromatic nitrogens is 3. The lowest BCUT2D eigenvalue weighted by molar-refractivity contribution is -0.155. The summed E-state index contributed by atoms with van der Waals surface area (Å²) in [7, 11) is 2.91. The Kier molecular flexibility index (Phi) is 4.54. The van der Waals surface area contributed by atoms with E-state index in [0.29, 0.717) is 5.69 Å². The number of carbonyl (C=O) groups excluding carboxylic acids is 1. The van der Waals surface area contributed by atoms with Crippen LogP contribution in [-0.4, -0.2) is 26.4 Å². The maximum atomic E-state index is 13.3. The van der Waals surface area contributed by atoms with Crippen molar-refractivity contribution in [1.29, 1.82) is 0 Å². The molecule has 0 saturated heterocycles. The Hall–Kier alpha value is -2.58. The van der Waals surface area contributed by atoms with Crippen molar-refractivity contribution in [3.63, 3.8) is 0 Å². The molecule has 6 nitrogen and oxygen atoms in total. The number of nitrogens with zero attached hydrogens (tertiary/aromatic N) is 3. The van der Waals surface area contributed by atoms with Crippen LogP contribution in [0.1, 0.15) is 33.2 Å². The molecule has 2 aromatic heterocycles. The van der Waals surface area contributed by atoms with Crippen molar-refractivity contribution < 1.29 is 18.0 Å². The van der Waals surface area contributed by atoms with E-state index in [4.69, 9.17) is 0 Å². The third-order valence-corrected chi connectivity index (χ3v) is 3.74. The summed E-state index contributed by atoms with van der Waals surface area (Å²) in [4.78, 5) is 24.5. The first kappa shape index (κ1) is 17.8. The maximum Gasteiger partial charge on any atom is 0.412 e. The van der Waals surface area contributed by atoms with Gasteiger partial charge in [-0.15, -0.1) is 0 Å². The van der Waals surface area contributed by atoms with Crippen LogP contribution in [0.2, 0.25) is 0 Å². The van der Waals surface area contributed by atoms with Crippen molar-refractivity contribution in [2.75, 3.05) is 0 Å². The van der Waals surface area contributed by atoms with E-state index < -0.39 is 23.7 Å². The third kappa shape index (κ3) is 3.34. The molecule has 1 N–H and O–H groups in total. The molecule has 0 saturated carbocycles. The second-order valence-corrected chi connectivity index (χ2v) is 5.57. The first-order valence-corrected chi connectivity index (χ1v) is 7.06. The summed E-state index contributed by atoms with van der Waals surface area (Å²) in [5.74, 6) is -1.08. The highest BCUT2D eigenvalue weighted by Gasteiger charge is 2.42. The van der Waals surface area contributed by atoms with E-state index in [1.807, 2.05) is 5.32 Å². The predicted molar refractivity (Wildman–Crippen MR) is 80.6 cm³/mol. The molecule has 0 unspecified atom stereocenters. The summed E-state index contributed by atoms with van der Waals surface area (Å²) in [6.45, 7) is 3.05. The van der Waals surface area contributed by atoms with Crippen molar-refractivity contribution in [2.45, 2.75) is 26.1 Å². The third-order valence-electron chi connectivity index (χ3n) is 3.74. The smallest absolute Gasteiger partial charge is 0.357 e. The van der Waals surface area contributed by atoms with Gasteiger partial charge in [0.1, 0.15) is 5.56 Å². The maximum absolute atomic E-state index is 13.3. The van der Waals surface area contributed by atoms with E-state index >= 15 is 0 Å². The zero-order valence-electron chi connectivity index (χ0n) is 13.6. The average molecular weight is 342 g/mol. The second-order valence-electron chi connectivity index (χ2n) is 5.57. The molecular formula is C15H17F3N4O2. The van der Waals surface area contributed by atoms with Crippen LogP contribution in [0.5, 0.6) is 0 Å². The molecule has 0 spiro atoms. The molecule has 1 atom stereocenters. The zero-order valence-corrected chi connectivity index (χ0v) is 13.6. The monoisotopic (exact) mass is 342 g/mol. The molecule has 0 aliphatic heterocycles. The highest BCUT2D eigenvalue weighted by molar-refractivity contribution is 5.95. The molecule has 9 heteroatoms. The number of halogens is 3. The van der Waals surface area contributed by atoms with Gasteiger partial charge in [-0.3, -0.25) is 9.59 Å². The van der Waals surface area contributed by atoms with Gasteiger partial charge in [-0.25, -0.2) is 4.68 Å². The lowest BCUT2D eigenvalue weighted by atomic mass is 10.1. The van der Waals surface area contributed by atoms with Gasteiger partial charge in [0.05, 0.1) is 5.69 Å². The van der Waals surface area contributed by atoms with Crippen LogP contribution in [0.25, 0.3) is 0 Å². The number of hydrogen-bond donors (Lipinski definition) is 1. The van der Waals surface area contributed by atoms with E-state index in [1.54, 1.807) is 14.0 Å². The molecule has 2 heterocycles. The van der Waals surface area contributed by atoms with Crippen LogP contribution < -0.4 is 10.9 Å². The normalized spacial score (nSPS) is 13.0. The lowest BCUT2D eigenvalue weighted by Gasteiger charge is -2.21. The summed E-state index contributed by atoms with van der Waals surface area (Å²) in [5.41, 5.74) is -0.548. The van der Waals surface area contributed by atoms with Crippen molar-refractivity contribution in [3.8, 4) is 0 Å². The first-order chi connectivity index (χ1) is 11.0. The number of alkyl halides is 3. The fraction of sp³-hybridized carbons (Fsp3) is 0.400. The molecule has 2 aromatic rings. The fourth-order valence-corrected chi connectivity index (χ4v) is 2.37. The molecular weight excluding hydrogens is 325 g/mol. The average Bonchev–Trinajstić information content (AvgIpc) is 2.88. The molecule has 0 aromatic carbocycles. The van der Waals surface area contributed by atoms with Gasteiger partial charge in [-0.2, -0.15) is 18.3 Å². The van der Waals surface area contributed by atoms with Crippen LogP contribution in [0.3, 0.4) is 0 Å². The van der Waals surface area contributed by atoms with Crippen LogP contribution in [0.4, 0.5) is 13.2 Å². The van der Waals surface area contributed by atoms with Crippen molar-refractivity contribution in [3.05, 3.63) is 51.2 Å². The van der Waals surface area contributed by atoms with Gasteiger partial charge >= 0.3 is 6.18 Å². The molecule has 0 aliphatic carbocycles. The van der Waals surface area contributed by atoms with E-state index in [0.717, 1.165) is 4.68 Å². The minimum atomic E-state index is -4.70. The SMILES string of the molecule is Cc1nn(C)c(=O)c(C(=O)N[C@H](c2ccn(C)c2)C(F)(F)F)c1C. The van der Waals surface area contributed by atoms with Crippen LogP contribution in [0, 0.1) is 13.8 Å². The van der Waals surface area contributed by atoms with Gasteiger partial charge in [0, 0.05) is 32.1 Å². The van der Waals surface area contributed by atoms with E-state index in [2.05, 4.69) is 5.10 Å². The number of amides is 1. The Morgan fingerprint density at radius 3 is 2.42 bits per heavy atom. The van der Waals surface area contributed by atoms with Gasteiger partial charge in [-0.1, -0.05) is 0 Å². The minimum Gasteiger partial charge on any atom is -0.357 e. The Labute approximate surface area is 135 Å². The molecule has 0 radical (unpaired) electrons. The lowest BCUT2D eigenvalue weighted by Crippen LogP contribution is -2.41. The van der Waals surface area contributed by atoms with Gasteiger partial charge in [0.25, 0.3) is 11.5 Å². The highest BCUT2D eigenvalue weighted by atomic mass is 19.4. The first-order valence-electron chi connectivity index (χ1n) is 7.06. The Morgan fingerprint density at radius 2 is 1.92 bits per heavy atom. The Bertz CT molecular complexity index is 836. The van der Waals surface area contributed by atoms with E-state index in [9.17, 15) is 22.8 Å². The van der Waals surface area contributed by atoms with Crippen molar-refractivity contribution in [1.82, 2.24) is 19.7 Å². The summed E-state index contributed by atoms with van der Waals surface area (Å²) in [6.07, 6.45) is -1.99. The second kappa shape index (κ2) is 6.14. The van der Waals surface area contributed by atoms with Gasteiger partial charge in [0.2, 0.25) is 0 Å². The highest BCUT2D eigenvalue weighted by Crippen LogP contribution is 2.33. The van der Waals surface area contributed by atoms with Crippen molar-refractivity contribution in [2.24, 2.45) is 14.1 Å². The Balaban J connectivity index is 2.45. The molecule has 0 bridgehead atoms. The topological polar surface area (TPSA) is 68.9 Å². The zero-order chi connectivity index (χ0) is 18.2. The molecule has 24 heavy (non-hydrogen) atoms. The van der Waals surface area contributed by atoms with Gasteiger partial charge in [-0.05, 0) is 25.5 Å². The minimum absolute atomic E-state index is 0.112. The predicted octanol–water partition coefficient (Wildman–Crippen LogP) is 1.77. The summed E-state index contributed by atoms with van der Waals surface area (Å²) in [5, 5.41) is 5.82. The molecule has 2 rings (SSSR count). The van der Waals surface area contributed by atoms with E-state index in [-0.39, 0.29) is 16.7 Å². The summed E-state index contributed by atoms with van der Waals surface area (Å²) >= 11 is 0. The van der Waals surface area contributed by atoms with Gasteiger partial charge in [0.15, 0.2) is 6.04 Å². The quantitative estimate of drug-likeness (QED) is 0.924. The molecule has 1 amide bonds. The largest absolute Gasteiger partial charge is 0.412 e. The number of nitrogens with one attached hydrogen (secondary N) is 1. The van der Waals surface area contributed by atoms with Crippen LogP contribution >= 0.6 is 0 Å². The van der Waals surface area contributed by atoms with Crippen LogP contribution in [-0.2, 0) is 14.1 Å². The van der Waals surface area contributed by atoms with Crippen molar-refractivity contribution >= 4 is 5.91 Å². The number of aryl methyl sites for hydroxylation is 3.